The molecule has 0 saturated heterocycles. The van der Waals surface area contributed by atoms with Gasteiger partial charge in [-0.1, -0.05) is 29.8 Å². The van der Waals surface area contributed by atoms with E-state index in [1.807, 2.05) is 17.0 Å². The van der Waals surface area contributed by atoms with Crippen LogP contribution in [0.15, 0.2) is 60.8 Å². The first kappa shape index (κ1) is 18.9. The van der Waals surface area contributed by atoms with Gasteiger partial charge in [-0.05, 0) is 36.8 Å². The standard InChI is InChI=1S/C23H25N3O3/c1-16-6-8-17(9-7-16)22-19-5-4-12-25(19)13-14-26(22)23(27)24-18-10-11-20(28-2)21(15-18)29-3/h4-12,15,22H,13-14H2,1-3H3,(H,24,27)/t22-/m1/s1. The molecule has 0 spiro atoms. The van der Waals surface area contributed by atoms with Gasteiger partial charge in [0.25, 0.3) is 0 Å². The lowest BCUT2D eigenvalue weighted by molar-refractivity contribution is 0.182. The van der Waals surface area contributed by atoms with Gasteiger partial charge in [0.1, 0.15) is 0 Å². The van der Waals surface area contributed by atoms with Gasteiger partial charge in [-0.2, -0.15) is 0 Å². The van der Waals surface area contributed by atoms with Crippen molar-refractivity contribution < 1.29 is 14.3 Å². The molecule has 2 heterocycles. The zero-order valence-corrected chi connectivity index (χ0v) is 16.9. The van der Waals surface area contributed by atoms with Gasteiger partial charge >= 0.3 is 6.03 Å². The summed E-state index contributed by atoms with van der Waals surface area (Å²) in [6.45, 7) is 3.46. The minimum atomic E-state index is -0.143. The molecule has 0 saturated carbocycles. The predicted octanol–water partition coefficient (Wildman–Crippen LogP) is 4.45. The number of benzene rings is 2. The van der Waals surface area contributed by atoms with Gasteiger partial charge < -0.3 is 24.3 Å². The quantitative estimate of drug-likeness (QED) is 0.715. The van der Waals surface area contributed by atoms with E-state index in [0.717, 1.165) is 17.8 Å². The zero-order valence-electron chi connectivity index (χ0n) is 16.9. The summed E-state index contributed by atoms with van der Waals surface area (Å²) >= 11 is 0. The smallest absolute Gasteiger partial charge is 0.322 e. The molecule has 1 aliphatic heterocycles. The number of hydrogen-bond acceptors (Lipinski definition) is 3. The number of rotatable bonds is 4. The van der Waals surface area contributed by atoms with Crippen molar-refractivity contribution in [3.8, 4) is 11.5 Å². The van der Waals surface area contributed by atoms with E-state index in [1.54, 1.807) is 26.4 Å². The lowest BCUT2D eigenvalue weighted by atomic mass is 9.99. The van der Waals surface area contributed by atoms with Crippen molar-refractivity contribution in [2.24, 2.45) is 0 Å². The summed E-state index contributed by atoms with van der Waals surface area (Å²) in [6.07, 6.45) is 2.07. The Morgan fingerprint density at radius 3 is 2.48 bits per heavy atom. The average molecular weight is 391 g/mol. The summed E-state index contributed by atoms with van der Waals surface area (Å²) < 4.78 is 12.8. The van der Waals surface area contributed by atoms with Gasteiger partial charge in [-0.25, -0.2) is 4.79 Å². The van der Waals surface area contributed by atoms with E-state index in [-0.39, 0.29) is 12.1 Å². The van der Waals surface area contributed by atoms with E-state index in [2.05, 4.69) is 53.3 Å². The topological polar surface area (TPSA) is 55.7 Å². The molecule has 1 atom stereocenters. The highest BCUT2D eigenvalue weighted by molar-refractivity contribution is 5.90. The zero-order chi connectivity index (χ0) is 20.4. The first-order chi connectivity index (χ1) is 14.1. The number of nitrogens with one attached hydrogen (secondary N) is 1. The van der Waals surface area contributed by atoms with Crippen molar-refractivity contribution in [1.29, 1.82) is 0 Å². The molecule has 3 aromatic rings. The molecule has 150 valence electrons. The minimum Gasteiger partial charge on any atom is -0.493 e. The van der Waals surface area contributed by atoms with Gasteiger partial charge in [-0.3, -0.25) is 0 Å². The van der Waals surface area contributed by atoms with Crippen molar-refractivity contribution in [3.05, 3.63) is 77.6 Å². The Labute approximate surface area is 170 Å². The van der Waals surface area contributed by atoms with Crippen LogP contribution in [0.2, 0.25) is 0 Å². The second-order valence-corrected chi connectivity index (χ2v) is 7.13. The first-order valence-corrected chi connectivity index (χ1v) is 9.62. The number of anilines is 1. The van der Waals surface area contributed by atoms with Crippen LogP contribution in [0.25, 0.3) is 0 Å². The minimum absolute atomic E-state index is 0.139. The highest BCUT2D eigenvalue weighted by Crippen LogP contribution is 2.34. The number of methoxy groups -OCH3 is 2. The highest BCUT2D eigenvalue weighted by Gasteiger charge is 2.32. The molecule has 2 aromatic carbocycles. The second kappa shape index (κ2) is 7.91. The van der Waals surface area contributed by atoms with Crippen LogP contribution in [0.3, 0.4) is 0 Å². The van der Waals surface area contributed by atoms with Crippen molar-refractivity contribution in [2.45, 2.75) is 19.5 Å². The van der Waals surface area contributed by atoms with Crippen LogP contribution in [0.5, 0.6) is 11.5 Å². The van der Waals surface area contributed by atoms with Crippen LogP contribution in [-0.4, -0.2) is 36.3 Å². The summed E-state index contributed by atoms with van der Waals surface area (Å²) in [4.78, 5) is 15.1. The molecule has 6 nitrogen and oxygen atoms in total. The fourth-order valence-electron chi connectivity index (χ4n) is 3.81. The molecular weight excluding hydrogens is 366 g/mol. The molecule has 1 aromatic heterocycles. The van der Waals surface area contributed by atoms with Crippen molar-refractivity contribution >= 4 is 11.7 Å². The number of amides is 2. The van der Waals surface area contributed by atoms with Crippen LogP contribution in [0, 0.1) is 6.92 Å². The molecule has 1 aliphatic rings. The van der Waals surface area contributed by atoms with E-state index in [4.69, 9.17) is 9.47 Å². The van der Waals surface area contributed by atoms with E-state index in [1.165, 1.54) is 5.56 Å². The SMILES string of the molecule is COc1ccc(NC(=O)N2CCn3cccc3[C@H]2c2ccc(C)cc2)cc1OC. The van der Waals surface area contributed by atoms with Crippen LogP contribution in [0.4, 0.5) is 10.5 Å². The third-order valence-electron chi connectivity index (χ3n) is 5.33. The fraction of sp³-hybridized carbons (Fsp3) is 0.261. The van der Waals surface area contributed by atoms with E-state index in [0.29, 0.717) is 23.7 Å². The van der Waals surface area contributed by atoms with Gasteiger partial charge in [0.2, 0.25) is 0 Å². The van der Waals surface area contributed by atoms with Gasteiger partial charge in [-0.15, -0.1) is 0 Å². The third kappa shape index (κ3) is 3.66. The number of fused-ring (bicyclic) bond motifs is 1. The summed E-state index contributed by atoms with van der Waals surface area (Å²) in [5.74, 6) is 1.20. The Kier molecular flexibility index (Phi) is 5.16. The number of aromatic nitrogens is 1. The van der Waals surface area contributed by atoms with Crippen molar-refractivity contribution in [3.63, 3.8) is 0 Å². The molecule has 4 rings (SSSR count). The fourth-order valence-corrected chi connectivity index (χ4v) is 3.81. The normalized spacial score (nSPS) is 15.6. The van der Waals surface area contributed by atoms with Gasteiger partial charge in [0, 0.05) is 36.7 Å². The van der Waals surface area contributed by atoms with Crippen LogP contribution < -0.4 is 14.8 Å². The molecular formula is C23H25N3O3. The third-order valence-corrected chi connectivity index (χ3v) is 5.33. The lowest BCUT2D eigenvalue weighted by Crippen LogP contribution is -2.44. The van der Waals surface area contributed by atoms with E-state index < -0.39 is 0 Å². The largest absolute Gasteiger partial charge is 0.493 e. The Balaban J connectivity index is 1.64. The predicted molar refractivity (Wildman–Crippen MR) is 113 cm³/mol. The highest BCUT2D eigenvalue weighted by atomic mass is 16.5. The molecule has 2 amide bonds. The van der Waals surface area contributed by atoms with Crippen molar-refractivity contribution in [1.82, 2.24) is 9.47 Å². The average Bonchev–Trinajstić information content (AvgIpc) is 3.22. The second-order valence-electron chi connectivity index (χ2n) is 7.13. The maximum atomic E-state index is 13.2. The molecule has 0 unspecified atom stereocenters. The number of urea groups is 1. The van der Waals surface area contributed by atoms with Gasteiger partial charge in [0.05, 0.1) is 20.3 Å². The van der Waals surface area contributed by atoms with Crippen LogP contribution in [0.1, 0.15) is 22.9 Å². The monoisotopic (exact) mass is 391 g/mol. The maximum absolute atomic E-state index is 13.2. The molecule has 0 radical (unpaired) electrons. The molecule has 0 bridgehead atoms. The Morgan fingerprint density at radius 2 is 1.76 bits per heavy atom. The number of ether oxygens (including phenoxy) is 2. The Hall–Kier alpha value is -3.41. The Bertz CT molecular complexity index is 1010. The Morgan fingerprint density at radius 1 is 1.00 bits per heavy atom. The van der Waals surface area contributed by atoms with Crippen LogP contribution in [-0.2, 0) is 6.54 Å². The van der Waals surface area contributed by atoms with Crippen molar-refractivity contribution in [2.75, 3.05) is 26.1 Å². The molecule has 0 aliphatic carbocycles. The van der Waals surface area contributed by atoms with Gasteiger partial charge in [0.15, 0.2) is 11.5 Å². The van der Waals surface area contributed by atoms with E-state index >= 15 is 0 Å². The molecule has 6 heteroatoms. The molecule has 0 fully saturated rings. The van der Waals surface area contributed by atoms with E-state index in [9.17, 15) is 4.79 Å². The summed E-state index contributed by atoms with van der Waals surface area (Å²) in [6, 6.07) is 17.6. The van der Waals surface area contributed by atoms with Crippen LogP contribution >= 0.6 is 0 Å². The summed E-state index contributed by atoms with van der Waals surface area (Å²) in [5, 5.41) is 3.01. The molecule has 29 heavy (non-hydrogen) atoms. The summed E-state index contributed by atoms with van der Waals surface area (Å²) in [5.41, 5.74) is 4.07. The lowest BCUT2D eigenvalue weighted by Gasteiger charge is -2.37. The maximum Gasteiger partial charge on any atom is 0.322 e. The number of nitrogens with zero attached hydrogens (tertiary/aromatic N) is 2. The summed E-state index contributed by atoms with van der Waals surface area (Å²) in [7, 11) is 3.17. The number of aryl methyl sites for hydroxylation is 1. The number of carbonyl (C=O) groups excluding carboxylic acids is 1. The number of hydrogen-bond donors (Lipinski definition) is 1. The molecule has 1 N–H and O–H groups in total. The first-order valence-electron chi connectivity index (χ1n) is 9.62. The number of carbonyl (C=O) groups is 1.